The number of aromatic nitrogens is 6. The van der Waals surface area contributed by atoms with Gasteiger partial charge >= 0.3 is 0 Å². The Labute approximate surface area is 173 Å². The minimum atomic E-state index is -3.76. The highest BCUT2D eigenvalue weighted by molar-refractivity contribution is 7.92. The molecule has 11 heteroatoms. The smallest absolute Gasteiger partial charge is 0.280 e. The Morgan fingerprint density at radius 1 is 1.00 bits per heavy atom. The number of imidazole rings is 2. The van der Waals surface area contributed by atoms with Gasteiger partial charge in [-0.2, -0.15) is 8.42 Å². The zero-order chi connectivity index (χ0) is 21.1. The van der Waals surface area contributed by atoms with Gasteiger partial charge in [-0.05, 0) is 38.1 Å². The summed E-state index contributed by atoms with van der Waals surface area (Å²) < 4.78 is 31.1. The molecule has 0 spiro atoms. The van der Waals surface area contributed by atoms with Crippen molar-refractivity contribution in [3.8, 4) is 5.82 Å². The van der Waals surface area contributed by atoms with E-state index in [1.807, 2.05) is 13.8 Å². The highest BCUT2D eigenvalue weighted by Crippen LogP contribution is 2.21. The number of rotatable bonds is 7. The highest BCUT2D eigenvalue weighted by atomic mass is 32.2. The molecule has 4 rings (SSSR count). The number of nitrogens with zero attached hydrogens (tertiary/aromatic N) is 6. The molecule has 4 aromatic rings. The maximum absolute atomic E-state index is 12.5. The van der Waals surface area contributed by atoms with E-state index in [1.165, 1.54) is 18.9 Å². The fourth-order valence-electron chi connectivity index (χ4n) is 2.67. The molecule has 0 fully saturated rings. The van der Waals surface area contributed by atoms with Crippen molar-refractivity contribution in [2.75, 3.05) is 10.0 Å². The van der Waals surface area contributed by atoms with Crippen LogP contribution in [0.5, 0.6) is 0 Å². The van der Waals surface area contributed by atoms with Crippen LogP contribution in [0.4, 0.5) is 17.2 Å². The Hall–Kier alpha value is -3.73. The second-order valence-corrected chi connectivity index (χ2v) is 8.42. The van der Waals surface area contributed by atoms with Crippen molar-refractivity contribution >= 4 is 27.2 Å². The number of benzene rings is 1. The Morgan fingerprint density at radius 3 is 2.43 bits per heavy atom. The van der Waals surface area contributed by atoms with Crippen LogP contribution in [-0.4, -0.2) is 37.5 Å². The molecule has 0 saturated heterocycles. The lowest BCUT2D eigenvalue weighted by atomic mass is 10.3. The van der Waals surface area contributed by atoms with Gasteiger partial charge in [0.25, 0.3) is 10.0 Å². The molecule has 0 amide bonds. The summed E-state index contributed by atoms with van der Waals surface area (Å²) in [4.78, 5) is 16.4. The van der Waals surface area contributed by atoms with Crippen molar-refractivity contribution in [3.05, 3.63) is 67.9 Å². The molecule has 0 aliphatic rings. The van der Waals surface area contributed by atoms with E-state index < -0.39 is 10.0 Å². The van der Waals surface area contributed by atoms with E-state index in [-0.39, 0.29) is 11.1 Å². The van der Waals surface area contributed by atoms with Crippen LogP contribution >= 0.6 is 0 Å². The van der Waals surface area contributed by atoms with E-state index >= 15 is 0 Å². The van der Waals surface area contributed by atoms with Gasteiger partial charge in [-0.1, -0.05) is 0 Å². The van der Waals surface area contributed by atoms with Crippen molar-refractivity contribution < 1.29 is 8.42 Å². The molecule has 3 aromatic heterocycles. The van der Waals surface area contributed by atoms with Gasteiger partial charge < -0.3 is 9.88 Å². The molecule has 0 aliphatic carbocycles. The van der Waals surface area contributed by atoms with Crippen LogP contribution in [0.25, 0.3) is 5.82 Å². The van der Waals surface area contributed by atoms with Gasteiger partial charge in [-0.25, -0.2) is 19.9 Å². The number of anilines is 3. The molecule has 30 heavy (non-hydrogen) atoms. The Kier molecular flexibility index (Phi) is 5.19. The Bertz CT molecular complexity index is 1230. The molecule has 1 aromatic carbocycles. The van der Waals surface area contributed by atoms with Crippen molar-refractivity contribution in [2.45, 2.75) is 24.9 Å². The molecular weight excluding hydrogens is 404 g/mol. The zero-order valence-corrected chi connectivity index (χ0v) is 17.2. The maximum Gasteiger partial charge on any atom is 0.280 e. The third kappa shape index (κ3) is 4.30. The number of hydrogen-bond acceptors (Lipinski definition) is 7. The van der Waals surface area contributed by atoms with E-state index in [4.69, 9.17) is 0 Å². The topological polar surface area (TPSA) is 120 Å². The molecule has 0 radical (unpaired) electrons. The van der Waals surface area contributed by atoms with Gasteiger partial charge in [0.15, 0.2) is 5.03 Å². The van der Waals surface area contributed by atoms with E-state index in [1.54, 1.807) is 58.2 Å². The second kappa shape index (κ2) is 7.95. The Balaban J connectivity index is 1.46. The van der Waals surface area contributed by atoms with Crippen LogP contribution < -0.4 is 10.0 Å². The van der Waals surface area contributed by atoms with Gasteiger partial charge in [0.1, 0.15) is 24.3 Å². The maximum atomic E-state index is 12.5. The van der Waals surface area contributed by atoms with E-state index in [0.29, 0.717) is 17.3 Å². The molecule has 0 aliphatic heterocycles. The van der Waals surface area contributed by atoms with Crippen LogP contribution in [0, 0.1) is 0 Å². The second-order valence-electron chi connectivity index (χ2n) is 6.79. The summed E-state index contributed by atoms with van der Waals surface area (Å²) in [5, 5.41) is 3.14. The summed E-state index contributed by atoms with van der Waals surface area (Å²) in [6.45, 7) is 3.90. The lowest BCUT2D eigenvalue weighted by molar-refractivity contribution is 0.591. The van der Waals surface area contributed by atoms with E-state index in [0.717, 1.165) is 5.69 Å². The fraction of sp³-hybridized carbons (Fsp3) is 0.158. The van der Waals surface area contributed by atoms with E-state index in [2.05, 4.69) is 30.0 Å². The third-order valence-corrected chi connectivity index (χ3v) is 5.55. The molecule has 0 atom stereocenters. The van der Waals surface area contributed by atoms with Crippen LogP contribution in [-0.2, 0) is 10.0 Å². The lowest BCUT2D eigenvalue weighted by Gasteiger charge is -2.09. The molecule has 0 bridgehead atoms. The number of sulfonamides is 1. The first-order chi connectivity index (χ1) is 14.4. The highest BCUT2D eigenvalue weighted by Gasteiger charge is 2.18. The largest absolute Gasteiger partial charge is 0.340 e. The summed E-state index contributed by atoms with van der Waals surface area (Å²) in [6.07, 6.45) is 9.58. The summed E-state index contributed by atoms with van der Waals surface area (Å²) >= 11 is 0. The average molecular weight is 424 g/mol. The number of hydrogen-bond donors (Lipinski definition) is 2. The van der Waals surface area contributed by atoms with Crippen LogP contribution in [0.1, 0.15) is 19.9 Å². The van der Waals surface area contributed by atoms with Crippen molar-refractivity contribution in [2.24, 2.45) is 0 Å². The monoisotopic (exact) mass is 424 g/mol. The molecular formula is C19H20N8O2S. The fourth-order valence-corrected chi connectivity index (χ4v) is 3.66. The van der Waals surface area contributed by atoms with Gasteiger partial charge in [-0.15, -0.1) is 0 Å². The van der Waals surface area contributed by atoms with Gasteiger partial charge in [0.2, 0.25) is 0 Å². The molecule has 0 unspecified atom stereocenters. The summed E-state index contributed by atoms with van der Waals surface area (Å²) in [5.41, 5.74) is 1.18. The first-order valence-corrected chi connectivity index (χ1v) is 10.6. The predicted molar refractivity (Wildman–Crippen MR) is 112 cm³/mol. The summed E-state index contributed by atoms with van der Waals surface area (Å²) in [6, 6.07) is 8.74. The van der Waals surface area contributed by atoms with Gasteiger partial charge in [0.05, 0.1) is 6.33 Å². The van der Waals surface area contributed by atoms with Crippen LogP contribution in [0.3, 0.4) is 0 Å². The molecule has 3 heterocycles. The normalized spacial score (nSPS) is 11.6. The van der Waals surface area contributed by atoms with Crippen molar-refractivity contribution in [3.63, 3.8) is 0 Å². The third-order valence-electron chi connectivity index (χ3n) is 4.28. The predicted octanol–water partition coefficient (Wildman–Crippen LogP) is 2.98. The zero-order valence-electron chi connectivity index (χ0n) is 16.3. The Morgan fingerprint density at radius 2 is 1.77 bits per heavy atom. The van der Waals surface area contributed by atoms with E-state index in [9.17, 15) is 8.42 Å². The first-order valence-electron chi connectivity index (χ1n) is 9.14. The minimum Gasteiger partial charge on any atom is -0.340 e. The van der Waals surface area contributed by atoms with Crippen molar-refractivity contribution in [1.29, 1.82) is 0 Å². The first kappa shape index (κ1) is 19.6. The average Bonchev–Trinajstić information content (AvgIpc) is 3.42. The quantitative estimate of drug-likeness (QED) is 0.468. The number of nitrogens with one attached hydrogen (secondary N) is 2. The molecule has 2 N–H and O–H groups in total. The minimum absolute atomic E-state index is 0.0218. The molecule has 154 valence electrons. The van der Waals surface area contributed by atoms with Crippen LogP contribution in [0.15, 0.2) is 72.9 Å². The standard InChI is InChI=1S/C19H20N8O2S/c1-14(2)27-10-19(23-13-27)30(28,29)25-16-5-3-15(4-6-16)24-17-9-18(22-11-21-17)26-8-7-20-12-26/h3-14,25H,1-2H3,(H,21,22,24). The van der Waals surface area contributed by atoms with Gasteiger partial charge in [-0.3, -0.25) is 9.29 Å². The molecule has 0 saturated carbocycles. The summed E-state index contributed by atoms with van der Waals surface area (Å²) in [5.74, 6) is 1.27. The van der Waals surface area contributed by atoms with Gasteiger partial charge in [0, 0.05) is 42.1 Å². The van der Waals surface area contributed by atoms with Crippen LogP contribution in [0.2, 0.25) is 0 Å². The summed E-state index contributed by atoms with van der Waals surface area (Å²) in [7, 11) is -3.76. The van der Waals surface area contributed by atoms with Crippen molar-refractivity contribution in [1.82, 2.24) is 29.1 Å². The molecule has 10 nitrogen and oxygen atoms in total. The SMILES string of the molecule is CC(C)n1cnc(S(=O)(=O)Nc2ccc(Nc3cc(-n4ccnc4)ncn3)cc2)c1. The lowest BCUT2D eigenvalue weighted by Crippen LogP contribution is -2.13.